The summed E-state index contributed by atoms with van der Waals surface area (Å²) in [6.07, 6.45) is 1.73. The van der Waals surface area contributed by atoms with Crippen LogP contribution < -0.4 is 0 Å². The minimum Gasteiger partial charge on any atom is -0.460 e. The average Bonchev–Trinajstić information content (AvgIpc) is 2.26. The summed E-state index contributed by atoms with van der Waals surface area (Å²) in [5.41, 5.74) is 2.48. The second kappa shape index (κ2) is 5.72. The number of rotatable bonds is 3. The predicted molar refractivity (Wildman–Crippen MR) is 61.4 cm³/mol. The first-order valence-corrected chi connectivity index (χ1v) is 4.93. The minimum absolute atomic E-state index is 0.0279. The third-order valence-corrected chi connectivity index (χ3v) is 2.09. The Hall–Kier alpha value is -2.08. The molecule has 0 aliphatic rings. The van der Waals surface area contributed by atoms with Crippen LogP contribution in [0, 0.1) is 18.3 Å². The maximum absolute atomic E-state index is 10.6. The van der Waals surface area contributed by atoms with E-state index in [9.17, 15) is 4.79 Å². The molecular formula is C13H13NO2. The van der Waals surface area contributed by atoms with E-state index < -0.39 is 0 Å². The molecule has 0 fully saturated rings. The molecule has 0 saturated heterocycles. The van der Waals surface area contributed by atoms with E-state index in [2.05, 4.69) is 0 Å². The van der Waals surface area contributed by atoms with Crippen LogP contribution >= 0.6 is 0 Å². The van der Waals surface area contributed by atoms with Gasteiger partial charge in [-0.15, -0.1) is 0 Å². The number of aryl methyl sites for hydroxylation is 1. The van der Waals surface area contributed by atoms with Crippen molar-refractivity contribution >= 4 is 12.0 Å². The van der Waals surface area contributed by atoms with Gasteiger partial charge < -0.3 is 4.74 Å². The van der Waals surface area contributed by atoms with Crippen LogP contribution in [-0.4, -0.2) is 12.6 Å². The van der Waals surface area contributed by atoms with Crippen LogP contribution in [0.5, 0.6) is 0 Å². The maximum Gasteiger partial charge on any atom is 0.302 e. The number of carbonyl (C=O) groups is 1. The molecule has 0 heterocycles. The van der Waals surface area contributed by atoms with Crippen LogP contribution in [0.15, 0.2) is 29.8 Å². The predicted octanol–water partition coefficient (Wildman–Crippen LogP) is 2.47. The SMILES string of the molecule is CC(=O)OC/C(C#N)=C/c1ccccc1C. The van der Waals surface area contributed by atoms with Crippen molar-refractivity contribution in [3.8, 4) is 6.07 Å². The van der Waals surface area contributed by atoms with E-state index >= 15 is 0 Å². The van der Waals surface area contributed by atoms with Crippen molar-refractivity contribution in [1.82, 2.24) is 0 Å². The minimum atomic E-state index is -0.383. The second-order valence-electron chi connectivity index (χ2n) is 3.42. The highest BCUT2D eigenvalue weighted by molar-refractivity contribution is 5.67. The largest absolute Gasteiger partial charge is 0.460 e. The number of carbonyl (C=O) groups excluding carboxylic acids is 1. The van der Waals surface area contributed by atoms with Gasteiger partial charge in [-0.2, -0.15) is 5.26 Å². The van der Waals surface area contributed by atoms with Gasteiger partial charge in [0.1, 0.15) is 6.61 Å². The van der Waals surface area contributed by atoms with Crippen molar-refractivity contribution < 1.29 is 9.53 Å². The van der Waals surface area contributed by atoms with Crippen LogP contribution in [0.4, 0.5) is 0 Å². The van der Waals surface area contributed by atoms with Crippen molar-refractivity contribution in [2.24, 2.45) is 0 Å². The Morgan fingerprint density at radius 2 is 2.19 bits per heavy atom. The Morgan fingerprint density at radius 3 is 2.75 bits per heavy atom. The van der Waals surface area contributed by atoms with E-state index in [0.717, 1.165) is 11.1 Å². The van der Waals surface area contributed by atoms with Gasteiger partial charge in [0.15, 0.2) is 0 Å². The second-order valence-corrected chi connectivity index (χ2v) is 3.42. The molecule has 0 aromatic heterocycles. The summed E-state index contributed by atoms with van der Waals surface area (Å²) in [6, 6.07) is 9.74. The van der Waals surface area contributed by atoms with Crippen molar-refractivity contribution in [3.05, 3.63) is 41.0 Å². The van der Waals surface area contributed by atoms with Gasteiger partial charge in [0, 0.05) is 6.92 Å². The molecule has 0 N–H and O–H groups in total. The molecule has 0 aliphatic carbocycles. The zero-order valence-corrected chi connectivity index (χ0v) is 9.36. The molecule has 0 bridgehead atoms. The molecule has 1 rings (SSSR count). The molecule has 0 radical (unpaired) electrons. The Kier molecular flexibility index (Phi) is 4.28. The number of ether oxygens (including phenoxy) is 1. The molecule has 16 heavy (non-hydrogen) atoms. The van der Waals surface area contributed by atoms with Gasteiger partial charge in [-0.1, -0.05) is 24.3 Å². The first-order valence-electron chi connectivity index (χ1n) is 4.93. The smallest absolute Gasteiger partial charge is 0.302 e. The van der Waals surface area contributed by atoms with Crippen molar-refractivity contribution in [2.75, 3.05) is 6.61 Å². The molecule has 1 aromatic carbocycles. The van der Waals surface area contributed by atoms with E-state index in [0.29, 0.717) is 5.57 Å². The Labute approximate surface area is 95.0 Å². The average molecular weight is 215 g/mol. The van der Waals surface area contributed by atoms with Crippen LogP contribution in [0.1, 0.15) is 18.1 Å². The first kappa shape index (κ1) is 12.0. The van der Waals surface area contributed by atoms with Gasteiger partial charge in [-0.05, 0) is 24.1 Å². The molecule has 0 saturated carbocycles. The number of benzene rings is 1. The molecule has 0 spiro atoms. The highest BCUT2D eigenvalue weighted by Crippen LogP contribution is 2.11. The van der Waals surface area contributed by atoms with E-state index in [1.54, 1.807) is 6.08 Å². The number of esters is 1. The third-order valence-electron chi connectivity index (χ3n) is 2.09. The molecule has 0 aliphatic heterocycles. The van der Waals surface area contributed by atoms with Gasteiger partial charge in [-0.3, -0.25) is 4.79 Å². The van der Waals surface area contributed by atoms with E-state index in [1.807, 2.05) is 37.3 Å². The lowest BCUT2D eigenvalue weighted by Crippen LogP contribution is -2.02. The quantitative estimate of drug-likeness (QED) is 0.575. The van der Waals surface area contributed by atoms with Crippen molar-refractivity contribution in [2.45, 2.75) is 13.8 Å². The van der Waals surface area contributed by atoms with Crippen LogP contribution in [0.25, 0.3) is 6.08 Å². The van der Waals surface area contributed by atoms with Crippen molar-refractivity contribution in [1.29, 1.82) is 5.26 Å². The summed E-state index contributed by atoms with van der Waals surface area (Å²) in [4.78, 5) is 10.6. The zero-order valence-electron chi connectivity index (χ0n) is 9.36. The molecule has 3 heteroatoms. The van der Waals surface area contributed by atoms with Crippen LogP contribution in [0.3, 0.4) is 0 Å². The topological polar surface area (TPSA) is 50.1 Å². The van der Waals surface area contributed by atoms with E-state index in [-0.39, 0.29) is 12.6 Å². The van der Waals surface area contributed by atoms with Gasteiger partial charge >= 0.3 is 5.97 Å². The van der Waals surface area contributed by atoms with Crippen LogP contribution in [0.2, 0.25) is 0 Å². The van der Waals surface area contributed by atoms with Gasteiger partial charge in [0.2, 0.25) is 0 Å². The summed E-state index contributed by atoms with van der Waals surface area (Å²) in [5, 5.41) is 8.88. The lowest BCUT2D eigenvalue weighted by atomic mass is 10.1. The molecule has 3 nitrogen and oxygen atoms in total. The Balaban J connectivity index is 2.85. The summed E-state index contributed by atoms with van der Waals surface area (Å²) in [7, 11) is 0. The van der Waals surface area contributed by atoms with Gasteiger partial charge in [0.05, 0.1) is 11.6 Å². The number of nitrogens with zero attached hydrogens (tertiary/aromatic N) is 1. The van der Waals surface area contributed by atoms with Gasteiger partial charge in [-0.25, -0.2) is 0 Å². The molecule has 0 atom stereocenters. The first-order chi connectivity index (χ1) is 7.63. The molecule has 82 valence electrons. The highest BCUT2D eigenvalue weighted by atomic mass is 16.5. The molecule has 0 unspecified atom stereocenters. The highest BCUT2D eigenvalue weighted by Gasteiger charge is 2.01. The fourth-order valence-electron chi connectivity index (χ4n) is 1.22. The van der Waals surface area contributed by atoms with E-state index in [1.165, 1.54) is 6.92 Å². The molecular weight excluding hydrogens is 202 g/mol. The fraction of sp³-hybridized carbons (Fsp3) is 0.231. The fourth-order valence-corrected chi connectivity index (χ4v) is 1.22. The lowest BCUT2D eigenvalue weighted by Gasteiger charge is -2.02. The van der Waals surface area contributed by atoms with Crippen molar-refractivity contribution in [3.63, 3.8) is 0 Å². The summed E-state index contributed by atoms with van der Waals surface area (Å²) < 4.78 is 4.78. The zero-order chi connectivity index (χ0) is 12.0. The van der Waals surface area contributed by atoms with Crippen LogP contribution in [-0.2, 0) is 9.53 Å². The lowest BCUT2D eigenvalue weighted by molar-refractivity contribution is -0.139. The summed E-state index contributed by atoms with van der Waals surface area (Å²) >= 11 is 0. The number of hydrogen-bond donors (Lipinski definition) is 0. The number of nitriles is 1. The Morgan fingerprint density at radius 1 is 1.50 bits per heavy atom. The monoisotopic (exact) mass is 215 g/mol. The standard InChI is InChI=1S/C13H13NO2/c1-10-5-3-4-6-13(10)7-12(8-14)9-16-11(2)15/h3-7H,9H2,1-2H3/b12-7+. The van der Waals surface area contributed by atoms with Gasteiger partial charge in [0.25, 0.3) is 0 Å². The molecule has 0 amide bonds. The molecule has 1 aromatic rings. The normalized spacial score (nSPS) is 10.7. The summed E-state index contributed by atoms with van der Waals surface area (Å²) in [5.74, 6) is -0.383. The number of hydrogen-bond acceptors (Lipinski definition) is 3. The third kappa shape index (κ3) is 3.58. The maximum atomic E-state index is 10.6. The Bertz CT molecular complexity index is 455. The summed E-state index contributed by atoms with van der Waals surface area (Å²) in [6.45, 7) is 3.32. The van der Waals surface area contributed by atoms with E-state index in [4.69, 9.17) is 10.00 Å².